The molecule has 4 rings (SSSR count). The molecule has 11 heteroatoms. The Kier molecular flexibility index (Phi) is 8.06. The molecule has 3 aromatic carbocycles. The first kappa shape index (κ1) is 26.5. The highest BCUT2D eigenvalue weighted by molar-refractivity contribution is 7.89. The molecule has 0 aliphatic carbocycles. The standard InChI is InChI=1S/C26H30FN5O4S/c1-29(2)22-7-3-20(4-8-22)26(19-28-37(35,36)25-13-11-24(12-14-25)32(33)34)31-17-15-30(16-18-31)23-9-5-21(27)6-10-23/h3-14,26,28H,15-19H2,1-2H3. The van der Waals surface area contributed by atoms with Crippen molar-refractivity contribution in [2.24, 2.45) is 0 Å². The van der Waals surface area contributed by atoms with Gasteiger partial charge in [-0.05, 0) is 54.1 Å². The third-order valence-electron chi connectivity index (χ3n) is 6.57. The number of rotatable bonds is 9. The molecule has 1 aliphatic heterocycles. The number of nitrogens with zero attached hydrogens (tertiary/aromatic N) is 4. The molecule has 3 aromatic rings. The molecule has 37 heavy (non-hydrogen) atoms. The molecule has 0 amide bonds. The van der Waals surface area contributed by atoms with E-state index in [1.807, 2.05) is 43.3 Å². The largest absolute Gasteiger partial charge is 0.378 e. The predicted molar refractivity (Wildman–Crippen MR) is 142 cm³/mol. The second-order valence-electron chi connectivity index (χ2n) is 9.10. The van der Waals surface area contributed by atoms with Gasteiger partial charge < -0.3 is 9.80 Å². The quantitative estimate of drug-likeness (QED) is 0.335. The van der Waals surface area contributed by atoms with Crippen LogP contribution in [0.5, 0.6) is 0 Å². The lowest BCUT2D eigenvalue weighted by atomic mass is 10.0. The first-order chi connectivity index (χ1) is 17.6. The molecule has 0 aromatic heterocycles. The number of hydrogen-bond acceptors (Lipinski definition) is 7. The van der Waals surface area contributed by atoms with Crippen LogP contribution in [0.3, 0.4) is 0 Å². The number of nitro benzene ring substituents is 1. The highest BCUT2D eigenvalue weighted by atomic mass is 32.2. The van der Waals surface area contributed by atoms with Crippen molar-refractivity contribution in [3.05, 3.63) is 94.3 Å². The van der Waals surface area contributed by atoms with Crippen molar-refractivity contribution in [1.82, 2.24) is 9.62 Å². The molecular weight excluding hydrogens is 497 g/mol. The van der Waals surface area contributed by atoms with Gasteiger partial charge in [0.15, 0.2) is 0 Å². The van der Waals surface area contributed by atoms with E-state index in [-0.39, 0.29) is 29.0 Å². The number of nitrogens with one attached hydrogen (secondary N) is 1. The number of anilines is 2. The zero-order chi connectivity index (χ0) is 26.6. The second-order valence-corrected chi connectivity index (χ2v) is 10.9. The molecule has 0 saturated carbocycles. The van der Waals surface area contributed by atoms with Crippen molar-refractivity contribution in [3.8, 4) is 0 Å². The van der Waals surface area contributed by atoms with Crippen LogP contribution in [0.25, 0.3) is 0 Å². The van der Waals surface area contributed by atoms with Crippen LogP contribution in [0, 0.1) is 15.9 Å². The van der Waals surface area contributed by atoms with E-state index in [0.29, 0.717) is 26.2 Å². The van der Waals surface area contributed by atoms with Crippen molar-refractivity contribution in [2.45, 2.75) is 10.9 Å². The number of nitro groups is 1. The molecule has 0 bridgehead atoms. The maximum absolute atomic E-state index is 13.3. The lowest BCUT2D eigenvalue weighted by Gasteiger charge is -2.40. The zero-order valence-electron chi connectivity index (χ0n) is 20.7. The van der Waals surface area contributed by atoms with Crippen LogP contribution in [-0.2, 0) is 10.0 Å². The lowest BCUT2D eigenvalue weighted by molar-refractivity contribution is -0.384. The molecule has 1 fully saturated rings. The SMILES string of the molecule is CN(C)c1ccc(C(CNS(=O)(=O)c2ccc([N+](=O)[O-])cc2)N2CCN(c3ccc(F)cc3)CC2)cc1. The molecule has 9 nitrogen and oxygen atoms in total. The normalized spacial score (nSPS) is 15.4. The smallest absolute Gasteiger partial charge is 0.269 e. The minimum atomic E-state index is -3.88. The molecule has 1 N–H and O–H groups in total. The van der Waals surface area contributed by atoms with Crippen LogP contribution in [0.1, 0.15) is 11.6 Å². The summed E-state index contributed by atoms with van der Waals surface area (Å²) in [6.07, 6.45) is 0. The fraction of sp³-hybridized carbons (Fsp3) is 0.308. The van der Waals surface area contributed by atoms with Gasteiger partial charge in [-0.1, -0.05) is 12.1 Å². The van der Waals surface area contributed by atoms with Crippen molar-refractivity contribution in [3.63, 3.8) is 0 Å². The van der Waals surface area contributed by atoms with E-state index in [9.17, 15) is 22.9 Å². The van der Waals surface area contributed by atoms with E-state index < -0.39 is 14.9 Å². The number of piperazine rings is 1. The highest BCUT2D eigenvalue weighted by Gasteiger charge is 2.27. The molecule has 1 heterocycles. The topological polar surface area (TPSA) is 99.0 Å². The van der Waals surface area contributed by atoms with E-state index in [2.05, 4.69) is 14.5 Å². The summed E-state index contributed by atoms with van der Waals surface area (Å²) in [6, 6.07) is 19.1. The average Bonchev–Trinajstić information content (AvgIpc) is 2.90. The van der Waals surface area contributed by atoms with Crippen molar-refractivity contribution >= 4 is 27.1 Å². The van der Waals surface area contributed by atoms with Gasteiger partial charge in [0.2, 0.25) is 10.0 Å². The predicted octanol–water partition coefficient (Wildman–Crippen LogP) is 3.64. The molecular formula is C26H30FN5O4S. The van der Waals surface area contributed by atoms with Crippen LogP contribution >= 0.6 is 0 Å². The Morgan fingerprint density at radius 3 is 2.08 bits per heavy atom. The van der Waals surface area contributed by atoms with E-state index in [4.69, 9.17) is 0 Å². The number of non-ortho nitro benzene ring substituents is 1. The first-order valence-electron chi connectivity index (χ1n) is 11.9. The monoisotopic (exact) mass is 527 g/mol. The van der Waals surface area contributed by atoms with Crippen molar-refractivity contribution in [2.75, 3.05) is 56.6 Å². The molecule has 0 spiro atoms. The first-order valence-corrected chi connectivity index (χ1v) is 13.4. The Hall–Kier alpha value is -3.54. The number of halogens is 1. The molecule has 1 saturated heterocycles. The number of hydrogen-bond donors (Lipinski definition) is 1. The Morgan fingerprint density at radius 1 is 0.946 bits per heavy atom. The zero-order valence-corrected chi connectivity index (χ0v) is 21.6. The van der Waals surface area contributed by atoms with Gasteiger partial charge >= 0.3 is 0 Å². The van der Waals surface area contributed by atoms with E-state index in [1.54, 1.807) is 12.1 Å². The Balaban J connectivity index is 1.51. The highest BCUT2D eigenvalue weighted by Crippen LogP contribution is 2.27. The van der Waals surface area contributed by atoms with Crippen LogP contribution in [0.2, 0.25) is 0 Å². The maximum Gasteiger partial charge on any atom is 0.269 e. The minimum absolute atomic E-state index is 0.0269. The fourth-order valence-electron chi connectivity index (χ4n) is 4.42. The van der Waals surface area contributed by atoms with Crippen LogP contribution in [0.4, 0.5) is 21.5 Å². The van der Waals surface area contributed by atoms with Crippen LogP contribution in [0.15, 0.2) is 77.7 Å². The van der Waals surface area contributed by atoms with E-state index in [1.165, 1.54) is 36.4 Å². The average molecular weight is 528 g/mol. The third-order valence-corrected chi connectivity index (χ3v) is 8.01. The summed E-state index contributed by atoms with van der Waals surface area (Å²) >= 11 is 0. The van der Waals surface area contributed by atoms with E-state index in [0.717, 1.165) is 16.9 Å². The van der Waals surface area contributed by atoms with Crippen LogP contribution < -0.4 is 14.5 Å². The summed E-state index contributed by atoms with van der Waals surface area (Å²) in [5.41, 5.74) is 2.80. The van der Waals surface area contributed by atoms with Gasteiger partial charge in [-0.3, -0.25) is 15.0 Å². The Labute approximate surface area is 216 Å². The summed E-state index contributed by atoms with van der Waals surface area (Å²) in [5, 5.41) is 10.9. The van der Waals surface area contributed by atoms with Crippen LogP contribution in [-0.4, -0.2) is 65.1 Å². The molecule has 0 radical (unpaired) electrons. The van der Waals surface area contributed by atoms with Gasteiger partial charge in [0.1, 0.15) is 5.82 Å². The molecule has 1 unspecified atom stereocenters. The van der Waals surface area contributed by atoms with Gasteiger partial charge in [-0.15, -0.1) is 0 Å². The summed E-state index contributed by atoms with van der Waals surface area (Å²) in [4.78, 5) is 16.7. The second kappa shape index (κ2) is 11.2. The van der Waals surface area contributed by atoms with Crippen molar-refractivity contribution in [1.29, 1.82) is 0 Å². The van der Waals surface area contributed by atoms with Gasteiger partial charge in [0.05, 0.1) is 9.82 Å². The lowest BCUT2D eigenvalue weighted by Crippen LogP contribution is -2.49. The van der Waals surface area contributed by atoms with Gasteiger partial charge in [0.25, 0.3) is 5.69 Å². The number of benzene rings is 3. The summed E-state index contributed by atoms with van der Waals surface area (Å²) in [5.74, 6) is -0.274. The minimum Gasteiger partial charge on any atom is -0.378 e. The third kappa shape index (κ3) is 6.43. The Bertz CT molecular complexity index is 1310. The fourth-order valence-corrected chi connectivity index (χ4v) is 5.45. The van der Waals surface area contributed by atoms with E-state index >= 15 is 0 Å². The van der Waals surface area contributed by atoms with Gasteiger partial charge in [-0.25, -0.2) is 17.5 Å². The van der Waals surface area contributed by atoms with Gasteiger partial charge in [0, 0.05) is 76.4 Å². The van der Waals surface area contributed by atoms with Crippen molar-refractivity contribution < 1.29 is 17.7 Å². The van der Waals surface area contributed by atoms with Gasteiger partial charge in [-0.2, -0.15) is 0 Å². The molecule has 1 aliphatic rings. The molecule has 1 atom stereocenters. The Morgan fingerprint density at radius 2 is 1.54 bits per heavy atom. The molecule has 196 valence electrons. The number of sulfonamides is 1. The summed E-state index contributed by atoms with van der Waals surface area (Å²) < 4.78 is 42.0. The summed E-state index contributed by atoms with van der Waals surface area (Å²) in [6.45, 7) is 2.95. The maximum atomic E-state index is 13.3. The summed E-state index contributed by atoms with van der Waals surface area (Å²) in [7, 11) is 0.0383.